The molecule has 1 aliphatic heterocycles. The summed E-state index contributed by atoms with van der Waals surface area (Å²) < 4.78 is 18.7. The maximum absolute atomic E-state index is 12.2. The first kappa shape index (κ1) is 20.2. The number of rotatable bonds is 9. The largest absolute Gasteiger partial charge is 0.485 e. The van der Waals surface area contributed by atoms with Gasteiger partial charge in [-0.3, -0.25) is 9.36 Å². The molecule has 2 aromatic rings. The normalized spacial score (nSPS) is 16.4. The first-order valence-electron chi connectivity index (χ1n) is 8.99. The predicted molar refractivity (Wildman–Crippen MR) is 106 cm³/mol. The summed E-state index contributed by atoms with van der Waals surface area (Å²) in [5, 5.41) is 11.7. The van der Waals surface area contributed by atoms with E-state index in [9.17, 15) is 4.79 Å². The molecule has 1 aliphatic rings. The van der Waals surface area contributed by atoms with Crippen LogP contribution in [-0.2, 0) is 16.1 Å². The van der Waals surface area contributed by atoms with Gasteiger partial charge in [-0.1, -0.05) is 30.0 Å². The summed E-state index contributed by atoms with van der Waals surface area (Å²) in [5.74, 6) is 1.95. The highest BCUT2D eigenvalue weighted by Crippen LogP contribution is 2.36. The van der Waals surface area contributed by atoms with Crippen LogP contribution in [-0.4, -0.2) is 52.8 Å². The summed E-state index contributed by atoms with van der Waals surface area (Å²) in [6, 6.07) is 7.52. The number of carbonyl (C=O) groups is 1. The van der Waals surface area contributed by atoms with Crippen molar-refractivity contribution in [2.45, 2.75) is 30.0 Å². The highest BCUT2D eigenvalue weighted by molar-refractivity contribution is 8.00. The van der Waals surface area contributed by atoms with Crippen molar-refractivity contribution >= 4 is 17.7 Å². The third-order valence-electron chi connectivity index (χ3n) is 4.11. The molecule has 1 aromatic heterocycles. The van der Waals surface area contributed by atoms with Gasteiger partial charge in [0.2, 0.25) is 5.91 Å². The van der Waals surface area contributed by atoms with E-state index in [1.165, 1.54) is 11.8 Å². The number of nitrogens with one attached hydrogen (secondary N) is 1. The smallest absolute Gasteiger partial charge is 0.233 e. The van der Waals surface area contributed by atoms with Gasteiger partial charge in [0.25, 0.3) is 0 Å². The number of aromatic nitrogens is 3. The number of allylic oxidation sites excluding steroid dienone is 1. The lowest BCUT2D eigenvalue weighted by Gasteiger charge is -2.26. The fourth-order valence-corrected chi connectivity index (χ4v) is 3.59. The van der Waals surface area contributed by atoms with Crippen molar-refractivity contribution in [3.05, 3.63) is 42.7 Å². The van der Waals surface area contributed by atoms with E-state index < -0.39 is 0 Å². The van der Waals surface area contributed by atoms with Crippen LogP contribution in [0.5, 0.6) is 11.5 Å². The van der Waals surface area contributed by atoms with E-state index in [2.05, 4.69) is 22.1 Å². The van der Waals surface area contributed by atoms with E-state index in [0.29, 0.717) is 48.8 Å². The minimum atomic E-state index is -0.387. The van der Waals surface area contributed by atoms with Gasteiger partial charge in [0.05, 0.1) is 11.9 Å². The molecule has 0 spiro atoms. The van der Waals surface area contributed by atoms with Crippen molar-refractivity contribution in [2.24, 2.45) is 0 Å². The molecule has 1 N–H and O–H groups in total. The lowest BCUT2D eigenvalue weighted by Crippen LogP contribution is -2.33. The number of hydrogen-bond donors (Lipinski definition) is 1. The van der Waals surface area contributed by atoms with Crippen LogP contribution in [0, 0.1) is 0 Å². The van der Waals surface area contributed by atoms with Gasteiger partial charge in [-0.05, 0) is 19.1 Å². The average Bonchev–Trinajstić information content (AvgIpc) is 3.10. The molecule has 9 heteroatoms. The van der Waals surface area contributed by atoms with Gasteiger partial charge in [-0.2, -0.15) is 0 Å². The highest BCUT2D eigenvalue weighted by Gasteiger charge is 2.29. The van der Waals surface area contributed by atoms with E-state index in [1.807, 2.05) is 35.8 Å². The maximum Gasteiger partial charge on any atom is 0.233 e. The monoisotopic (exact) mass is 404 g/mol. The fourth-order valence-electron chi connectivity index (χ4n) is 2.70. The van der Waals surface area contributed by atoms with Gasteiger partial charge in [0, 0.05) is 20.2 Å². The number of ether oxygens (including phenoxy) is 3. The molecule has 0 bridgehead atoms. The maximum atomic E-state index is 12.2. The Morgan fingerprint density at radius 3 is 3.00 bits per heavy atom. The number of benzene rings is 1. The molecule has 0 saturated heterocycles. The Morgan fingerprint density at radius 1 is 1.46 bits per heavy atom. The van der Waals surface area contributed by atoms with Crippen LogP contribution in [0.2, 0.25) is 0 Å². The Hall–Kier alpha value is -2.52. The van der Waals surface area contributed by atoms with Gasteiger partial charge < -0.3 is 19.5 Å². The summed E-state index contributed by atoms with van der Waals surface area (Å²) >= 11 is 1.34. The minimum absolute atomic E-state index is 0.0806. The van der Waals surface area contributed by atoms with Crippen LogP contribution in [0.3, 0.4) is 0 Å². The topological polar surface area (TPSA) is 87.5 Å². The zero-order valence-corrected chi connectivity index (χ0v) is 16.8. The van der Waals surface area contributed by atoms with E-state index in [-0.39, 0.29) is 17.3 Å². The van der Waals surface area contributed by atoms with Gasteiger partial charge >= 0.3 is 0 Å². The molecule has 0 fully saturated rings. The molecule has 150 valence electrons. The number of methoxy groups -OCH3 is 1. The van der Waals surface area contributed by atoms with E-state index in [4.69, 9.17) is 14.2 Å². The quantitative estimate of drug-likeness (QED) is 0.389. The SMILES string of the molecule is C=CCn1c(S[C@@H](C)C(=O)NCCOC)nnc1[C@H]1COc2ccccc2O1. The molecule has 0 aliphatic carbocycles. The zero-order chi connectivity index (χ0) is 19.9. The second kappa shape index (κ2) is 9.61. The predicted octanol–water partition coefficient (Wildman–Crippen LogP) is 2.22. The van der Waals surface area contributed by atoms with Gasteiger partial charge in [-0.15, -0.1) is 16.8 Å². The zero-order valence-electron chi connectivity index (χ0n) is 16.0. The van der Waals surface area contributed by atoms with Crippen molar-refractivity contribution in [1.82, 2.24) is 20.1 Å². The van der Waals surface area contributed by atoms with Gasteiger partial charge in [-0.25, -0.2) is 0 Å². The van der Waals surface area contributed by atoms with Crippen LogP contribution in [0.1, 0.15) is 18.9 Å². The Balaban J connectivity index is 1.73. The molecular formula is C19H24N4O4S. The molecular weight excluding hydrogens is 380 g/mol. The van der Waals surface area contributed by atoms with Gasteiger partial charge in [0.15, 0.2) is 28.6 Å². The standard InChI is InChI=1S/C19H24N4O4S/c1-4-10-23-17(16-12-26-14-7-5-6-8-15(14)27-16)21-22-19(23)28-13(2)18(24)20-9-11-25-3/h4-8,13,16H,1,9-12H2,2-3H3,(H,20,24)/t13-,16+/m0/s1. The molecule has 2 atom stereocenters. The number of nitrogens with zero attached hydrogens (tertiary/aromatic N) is 3. The summed E-state index contributed by atoms with van der Waals surface area (Å²) in [4.78, 5) is 12.2. The van der Waals surface area contributed by atoms with Crippen molar-refractivity contribution in [3.63, 3.8) is 0 Å². The first-order chi connectivity index (χ1) is 13.6. The molecule has 0 radical (unpaired) electrons. The third kappa shape index (κ3) is 4.66. The van der Waals surface area contributed by atoms with Crippen molar-refractivity contribution in [1.29, 1.82) is 0 Å². The third-order valence-corrected chi connectivity index (χ3v) is 5.19. The van der Waals surface area contributed by atoms with Crippen LogP contribution >= 0.6 is 11.8 Å². The average molecular weight is 404 g/mol. The molecule has 0 unspecified atom stereocenters. The van der Waals surface area contributed by atoms with Crippen molar-refractivity contribution < 1.29 is 19.0 Å². The number of fused-ring (bicyclic) bond motifs is 1. The summed E-state index contributed by atoms with van der Waals surface area (Å²) in [5.41, 5.74) is 0. The summed E-state index contributed by atoms with van der Waals surface area (Å²) in [6.07, 6.45) is 1.38. The molecule has 1 amide bonds. The number of para-hydroxylation sites is 2. The number of thioether (sulfide) groups is 1. The van der Waals surface area contributed by atoms with Crippen molar-refractivity contribution in [3.8, 4) is 11.5 Å². The Kier molecular flexibility index (Phi) is 6.94. The summed E-state index contributed by atoms with van der Waals surface area (Å²) in [6.45, 7) is 7.43. The molecule has 28 heavy (non-hydrogen) atoms. The van der Waals surface area contributed by atoms with E-state index in [0.717, 1.165) is 0 Å². The van der Waals surface area contributed by atoms with Crippen LogP contribution in [0.15, 0.2) is 42.1 Å². The minimum Gasteiger partial charge on any atom is -0.485 e. The first-order valence-corrected chi connectivity index (χ1v) is 9.87. The number of hydrogen-bond acceptors (Lipinski definition) is 7. The Labute approximate surface area is 168 Å². The van der Waals surface area contributed by atoms with Crippen molar-refractivity contribution in [2.75, 3.05) is 26.9 Å². The van der Waals surface area contributed by atoms with Crippen LogP contribution in [0.4, 0.5) is 0 Å². The lowest BCUT2D eigenvalue weighted by atomic mass is 10.2. The highest BCUT2D eigenvalue weighted by atomic mass is 32.2. The van der Waals surface area contributed by atoms with E-state index >= 15 is 0 Å². The Bertz CT molecular complexity index is 826. The molecule has 8 nitrogen and oxygen atoms in total. The van der Waals surface area contributed by atoms with E-state index in [1.54, 1.807) is 13.2 Å². The number of amides is 1. The molecule has 3 rings (SSSR count). The lowest BCUT2D eigenvalue weighted by molar-refractivity contribution is -0.120. The molecule has 0 saturated carbocycles. The summed E-state index contributed by atoms with van der Waals surface area (Å²) in [7, 11) is 1.60. The fraction of sp³-hybridized carbons (Fsp3) is 0.421. The molecule has 2 heterocycles. The van der Waals surface area contributed by atoms with Crippen LogP contribution < -0.4 is 14.8 Å². The second-order valence-electron chi connectivity index (χ2n) is 6.15. The number of carbonyl (C=O) groups excluding carboxylic acids is 1. The van der Waals surface area contributed by atoms with Crippen LogP contribution in [0.25, 0.3) is 0 Å². The van der Waals surface area contributed by atoms with Gasteiger partial charge in [0.1, 0.15) is 6.61 Å². The Morgan fingerprint density at radius 2 is 2.25 bits per heavy atom. The molecule has 1 aromatic carbocycles. The second-order valence-corrected chi connectivity index (χ2v) is 7.46.